The molecule has 1 aliphatic heterocycles. The van der Waals surface area contributed by atoms with Gasteiger partial charge < -0.3 is 21.9 Å². The average Bonchev–Trinajstić information content (AvgIpc) is 3.11. The van der Waals surface area contributed by atoms with E-state index in [0.29, 0.717) is 17.7 Å². The van der Waals surface area contributed by atoms with E-state index in [2.05, 4.69) is 5.32 Å². The molecule has 0 aliphatic carbocycles. The lowest BCUT2D eigenvalue weighted by molar-refractivity contribution is -0.129. The number of likely N-dealkylation sites (tertiary alicyclic amines) is 1. The molecule has 2 aromatic rings. The fourth-order valence-corrected chi connectivity index (χ4v) is 3.83. The van der Waals surface area contributed by atoms with Gasteiger partial charge in [-0.05, 0) is 18.1 Å². The second-order valence-electron chi connectivity index (χ2n) is 7.70. The Hall–Kier alpha value is -2.65. The molecule has 1 aliphatic rings. The summed E-state index contributed by atoms with van der Waals surface area (Å²) in [6.07, 6.45) is 0.135. The molecule has 1 heterocycles. The summed E-state index contributed by atoms with van der Waals surface area (Å²) >= 11 is 0. The van der Waals surface area contributed by atoms with Crippen LogP contribution in [0.5, 0.6) is 0 Å². The third-order valence-electron chi connectivity index (χ3n) is 5.62. The molecule has 1 fully saturated rings. The Morgan fingerprint density at radius 2 is 1.75 bits per heavy atom. The summed E-state index contributed by atoms with van der Waals surface area (Å²) in [6.45, 7) is 2.12. The number of halogens is 2. The topological polar surface area (TPSA) is 146 Å². The van der Waals surface area contributed by atoms with Crippen molar-refractivity contribution in [1.29, 1.82) is 5.41 Å². The van der Waals surface area contributed by atoms with Gasteiger partial charge in [-0.15, -0.1) is 24.8 Å². The molecular formula is C22H29Cl2N5O3. The summed E-state index contributed by atoms with van der Waals surface area (Å²) in [7, 11) is 0. The first kappa shape index (κ1) is 27.4. The number of aliphatic hydroxyl groups is 1. The highest BCUT2D eigenvalue weighted by Gasteiger charge is 2.48. The van der Waals surface area contributed by atoms with Crippen molar-refractivity contribution in [2.45, 2.75) is 37.6 Å². The molecule has 174 valence electrons. The van der Waals surface area contributed by atoms with Gasteiger partial charge in [0.25, 0.3) is 0 Å². The summed E-state index contributed by atoms with van der Waals surface area (Å²) in [5.41, 5.74) is 11.9. The number of nitrogens with one attached hydrogen (secondary N) is 2. The Morgan fingerprint density at radius 1 is 1.16 bits per heavy atom. The van der Waals surface area contributed by atoms with Gasteiger partial charge in [-0.2, -0.15) is 0 Å². The highest BCUT2D eigenvalue weighted by atomic mass is 35.5. The lowest BCUT2D eigenvalue weighted by Gasteiger charge is -2.28. The predicted octanol–water partition coefficient (Wildman–Crippen LogP) is 1.27. The molecule has 2 amide bonds. The third-order valence-corrected chi connectivity index (χ3v) is 5.62. The Morgan fingerprint density at radius 3 is 2.28 bits per heavy atom. The standard InChI is InChI=1S/C22H27N5O3.2ClH/c1-14(21(29)26-12-15-7-9-16(10-8-15)19(23)24)27-13-22(30,11-18(27)20(25)28)17-5-3-2-4-6-17;;/h2-10,14,18,30H,11-13H2,1H3,(H3,23,24)(H2,25,28)(H,26,29);2*1H/t14-,18?,22?;;/m0../s1. The van der Waals surface area contributed by atoms with Crippen molar-refractivity contribution in [2.75, 3.05) is 6.54 Å². The van der Waals surface area contributed by atoms with Crippen LogP contribution in [-0.2, 0) is 21.7 Å². The molecule has 32 heavy (non-hydrogen) atoms. The zero-order valence-corrected chi connectivity index (χ0v) is 19.3. The van der Waals surface area contributed by atoms with Gasteiger partial charge in [-0.1, -0.05) is 54.6 Å². The van der Waals surface area contributed by atoms with Crippen LogP contribution in [0.1, 0.15) is 30.0 Å². The molecule has 2 unspecified atom stereocenters. The quantitative estimate of drug-likeness (QED) is 0.298. The zero-order chi connectivity index (χ0) is 21.9. The summed E-state index contributed by atoms with van der Waals surface area (Å²) in [5.74, 6) is -0.854. The summed E-state index contributed by atoms with van der Waals surface area (Å²) < 4.78 is 0. The number of nitrogen functional groups attached to an aromatic ring is 1. The minimum Gasteiger partial charge on any atom is -0.384 e. The summed E-state index contributed by atoms with van der Waals surface area (Å²) in [4.78, 5) is 26.4. The minimum atomic E-state index is -1.25. The van der Waals surface area contributed by atoms with Gasteiger partial charge >= 0.3 is 0 Å². The van der Waals surface area contributed by atoms with Crippen molar-refractivity contribution >= 4 is 42.5 Å². The highest BCUT2D eigenvalue weighted by Crippen LogP contribution is 2.36. The average molecular weight is 482 g/mol. The van der Waals surface area contributed by atoms with Gasteiger partial charge in [0.1, 0.15) is 11.4 Å². The molecule has 1 saturated heterocycles. The van der Waals surface area contributed by atoms with Crippen molar-refractivity contribution in [3.05, 3.63) is 71.3 Å². The van der Waals surface area contributed by atoms with E-state index in [0.717, 1.165) is 5.56 Å². The van der Waals surface area contributed by atoms with Gasteiger partial charge in [-0.3, -0.25) is 19.9 Å². The van der Waals surface area contributed by atoms with Crippen LogP contribution in [-0.4, -0.2) is 46.3 Å². The van der Waals surface area contributed by atoms with Crippen LogP contribution >= 0.6 is 24.8 Å². The van der Waals surface area contributed by atoms with Crippen LogP contribution in [0.15, 0.2) is 54.6 Å². The fraction of sp³-hybridized carbons (Fsp3) is 0.318. The first-order valence-electron chi connectivity index (χ1n) is 9.75. The Bertz CT molecular complexity index is 942. The fourth-order valence-electron chi connectivity index (χ4n) is 3.83. The monoisotopic (exact) mass is 481 g/mol. The van der Waals surface area contributed by atoms with Gasteiger partial charge in [0.15, 0.2) is 0 Å². The summed E-state index contributed by atoms with van der Waals surface area (Å²) in [5, 5.41) is 21.4. The van der Waals surface area contributed by atoms with Crippen LogP contribution in [0.25, 0.3) is 0 Å². The van der Waals surface area contributed by atoms with E-state index in [-0.39, 0.29) is 49.5 Å². The van der Waals surface area contributed by atoms with Gasteiger partial charge in [-0.25, -0.2) is 0 Å². The molecule has 3 rings (SSSR count). The highest BCUT2D eigenvalue weighted by molar-refractivity contribution is 5.94. The maximum Gasteiger partial charge on any atom is 0.237 e. The molecule has 0 radical (unpaired) electrons. The maximum absolute atomic E-state index is 12.8. The predicted molar refractivity (Wildman–Crippen MR) is 128 cm³/mol. The largest absolute Gasteiger partial charge is 0.384 e. The van der Waals surface area contributed by atoms with E-state index < -0.39 is 23.6 Å². The number of carbonyl (C=O) groups is 2. The van der Waals surface area contributed by atoms with Crippen LogP contribution in [0.3, 0.4) is 0 Å². The molecule has 8 nitrogen and oxygen atoms in total. The SMILES string of the molecule is C[C@@H](C(=O)NCc1ccc(C(=N)N)cc1)N1CC(O)(c2ccccc2)CC1C(N)=O.Cl.Cl. The number of carbonyl (C=O) groups excluding carboxylic acids is 2. The van der Waals surface area contributed by atoms with E-state index in [9.17, 15) is 14.7 Å². The van der Waals surface area contributed by atoms with Crippen molar-refractivity contribution < 1.29 is 14.7 Å². The molecule has 0 spiro atoms. The lowest BCUT2D eigenvalue weighted by Crippen LogP contribution is -2.51. The number of hydrogen-bond acceptors (Lipinski definition) is 5. The van der Waals surface area contributed by atoms with E-state index in [1.165, 1.54) is 0 Å². The Kier molecular flexibility index (Phi) is 9.66. The Balaban J connectivity index is 0.00000256. The normalized spacial score (nSPS) is 21.0. The minimum absolute atomic E-state index is 0. The number of rotatable bonds is 7. The number of hydrogen-bond donors (Lipinski definition) is 5. The van der Waals surface area contributed by atoms with E-state index in [4.69, 9.17) is 16.9 Å². The molecule has 0 saturated carbocycles. The molecule has 2 aromatic carbocycles. The number of nitrogens with zero attached hydrogens (tertiary/aromatic N) is 1. The number of amidine groups is 1. The lowest BCUT2D eigenvalue weighted by atomic mass is 9.91. The number of nitrogens with two attached hydrogens (primary N) is 2. The van der Waals surface area contributed by atoms with E-state index in [1.54, 1.807) is 48.2 Å². The molecule has 10 heteroatoms. The van der Waals surface area contributed by atoms with Gasteiger partial charge in [0.05, 0.1) is 12.1 Å². The number of amides is 2. The molecule has 0 bridgehead atoms. The van der Waals surface area contributed by atoms with Crippen LogP contribution in [0.2, 0.25) is 0 Å². The van der Waals surface area contributed by atoms with Crippen molar-refractivity contribution in [3.8, 4) is 0 Å². The third kappa shape index (κ3) is 5.98. The van der Waals surface area contributed by atoms with Crippen LogP contribution in [0.4, 0.5) is 0 Å². The first-order chi connectivity index (χ1) is 14.2. The second-order valence-corrected chi connectivity index (χ2v) is 7.70. The zero-order valence-electron chi connectivity index (χ0n) is 17.7. The number of benzene rings is 2. The van der Waals surface area contributed by atoms with E-state index in [1.807, 2.05) is 18.2 Å². The van der Waals surface area contributed by atoms with E-state index >= 15 is 0 Å². The van der Waals surface area contributed by atoms with Gasteiger partial charge in [0.2, 0.25) is 11.8 Å². The van der Waals surface area contributed by atoms with Gasteiger partial charge in [0, 0.05) is 25.1 Å². The number of primary amides is 1. The first-order valence-corrected chi connectivity index (χ1v) is 9.75. The van der Waals surface area contributed by atoms with Crippen molar-refractivity contribution in [3.63, 3.8) is 0 Å². The smallest absolute Gasteiger partial charge is 0.237 e. The molecule has 3 atom stereocenters. The molecule has 7 N–H and O–H groups in total. The van der Waals surface area contributed by atoms with Crippen molar-refractivity contribution in [2.24, 2.45) is 11.5 Å². The molecule has 0 aromatic heterocycles. The van der Waals surface area contributed by atoms with Crippen LogP contribution in [0, 0.1) is 5.41 Å². The summed E-state index contributed by atoms with van der Waals surface area (Å²) in [6, 6.07) is 14.7. The second kappa shape index (κ2) is 11.3. The van der Waals surface area contributed by atoms with Crippen molar-refractivity contribution in [1.82, 2.24) is 10.2 Å². The number of β-amino-alcohol motifs (C(OH)–C–C–N with tert-alkyl or cyclic N) is 1. The molecular weight excluding hydrogens is 453 g/mol. The maximum atomic E-state index is 12.8. The Labute approximate surface area is 199 Å². The van der Waals surface area contributed by atoms with Crippen LogP contribution < -0.4 is 16.8 Å².